The minimum Gasteiger partial charge on any atom is -0.508 e. The predicted molar refractivity (Wildman–Crippen MR) is 107 cm³/mol. The standard InChI is InChI=1S/C21H25N3O2/c1-2-18-19(23-21(26)14-7-4-3-5-8-14)12-16(13-20(18)24-22)15-9-6-10-17(25)11-15/h2,6,9-14,24-25H,1,3-5,7-8,22H2,(H,23,26). The SMILES string of the molecule is C=Cc1c(NN)cc(-c2cccc(O)c2)cc1NC(=O)C1CCCCC1. The van der Waals surface area contributed by atoms with E-state index < -0.39 is 0 Å². The van der Waals surface area contributed by atoms with E-state index >= 15 is 0 Å². The maximum atomic E-state index is 12.7. The van der Waals surface area contributed by atoms with Gasteiger partial charge in [-0.1, -0.05) is 44.1 Å². The molecule has 0 radical (unpaired) electrons. The molecule has 0 heterocycles. The van der Waals surface area contributed by atoms with Crippen LogP contribution >= 0.6 is 0 Å². The number of carbonyl (C=O) groups excluding carboxylic acids is 1. The van der Waals surface area contributed by atoms with Gasteiger partial charge in [0.1, 0.15) is 5.75 Å². The van der Waals surface area contributed by atoms with Crippen molar-refractivity contribution in [1.29, 1.82) is 0 Å². The highest BCUT2D eigenvalue weighted by molar-refractivity contribution is 5.97. The van der Waals surface area contributed by atoms with Crippen LogP contribution in [0.3, 0.4) is 0 Å². The molecule has 3 rings (SSSR count). The number of hydrazine groups is 1. The van der Waals surface area contributed by atoms with Crippen LogP contribution < -0.4 is 16.6 Å². The highest BCUT2D eigenvalue weighted by Crippen LogP contribution is 2.34. The number of hydrogen-bond acceptors (Lipinski definition) is 4. The minimum absolute atomic E-state index is 0.0452. The number of carbonyl (C=O) groups is 1. The highest BCUT2D eigenvalue weighted by Gasteiger charge is 2.22. The van der Waals surface area contributed by atoms with Gasteiger partial charge in [-0.25, -0.2) is 0 Å². The molecule has 0 aromatic heterocycles. The second-order valence-corrected chi connectivity index (χ2v) is 6.71. The summed E-state index contributed by atoms with van der Waals surface area (Å²) in [5.74, 6) is 5.97. The largest absolute Gasteiger partial charge is 0.508 e. The summed E-state index contributed by atoms with van der Waals surface area (Å²) >= 11 is 0. The van der Waals surface area contributed by atoms with Crippen molar-refractivity contribution >= 4 is 23.4 Å². The Morgan fingerprint density at radius 2 is 1.85 bits per heavy atom. The van der Waals surface area contributed by atoms with E-state index in [0.717, 1.165) is 42.4 Å². The Morgan fingerprint density at radius 1 is 1.12 bits per heavy atom. The molecule has 5 nitrogen and oxygen atoms in total. The molecular weight excluding hydrogens is 326 g/mol. The van der Waals surface area contributed by atoms with Crippen LogP contribution in [0.5, 0.6) is 5.75 Å². The average Bonchev–Trinajstić information content (AvgIpc) is 2.68. The number of nitrogen functional groups attached to an aromatic ring is 1. The third-order valence-electron chi connectivity index (χ3n) is 4.95. The van der Waals surface area contributed by atoms with Crippen LogP contribution in [-0.2, 0) is 4.79 Å². The molecule has 0 aliphatic heterocycles. The van der Waals surface area contributed by atoms with Crippen LogP contribution in [0.15, 0.2) is 43.0 Å². The van der Waals surface area contributed by atoms with Crippen LogP contribution in [0.1, 0.15) is 37.7 Å². The number of phenolic OH excluding ortho intramolecular Hbond substituents is 1. The van der Waals surface area contributed by atoms with Crippen molar-refractivity contribution in [3.63, 3.8) is 0 Å². The second-order valence-electron chi connectivity index (χ2n) is 6.71. The second kappa shape index (κ2) is 8.06. The number of phenols is 1. The molecule has 5 heteroatoms. The number of amides is 1. The third kappa shape index (κ3) is 3.89. The molecule has 0 saturated heterocycles. The van der Waals surface area contributed by atoms with Gasteiger partial charge in [-0.3, -0.25) is 10.6 Å². The Morgan fingerprint density at radius 3 is 2.50 bits per heavy atom. The van der Waals surface area contributed by atoms with Crippen LogP contribution in [0, 0.1) is 5.92 Å². The van der Waals surface area contributed by atoms with Gasteiger partial charge in [-0.15, -0.1) is 0 Å². The quantitative estimate of drug-likeness (QED) is 0.471. The van der Waals surface area contributed by atoms with Gasteiger partial charge in [0, 0.05) is 11.5 Å². The summed E-state index contributed by atoms with van der Waals surface area (Å²) in [5.41, 5.74) is 6.45. The molecule has 2 aromatic carbocycles. The zero-order valence-corrected chi connectivity index (χ0v) is 14.8. The topological polar surface area (TPSA) is 87.4 Å². The Kier molecular flexibility index (Phi) is 5.58. The van der Waals surface area contributed by atoms with E-state index in [0.29, 0.717) is 11.4 Å². The Hall–Kier alpha value is -2.79. The van der Waals surface area contributed by atoms with E-state index in [-0.39, 0.29) is 17.6 Å². The molecule has 1 saturated carbocycles. The number of aromatic hydroxyl groups is 1. The molecule has 5 N–H and O–H groups in total. The van der Waals surface area contributed by atoms with Crippen LogP contribution in [0.25, 0.3) is 17.2 Å². The lowest BCUT2D eigenvalue weighted by atomic mass is 9.88. The molecule has 26 heavy (non-hydrogen) atoms. The maximum Gasteiger partial charge on any atom is 0.227 e. The Bertz CT molecular complexity index is 811. The Balaban J connectivity index is 1.97. The van der Waals surface area contributed by atoms with Gasteiger partial charge in [0.15, 0.2) is 0 Å². The molecule has 0 bridgehead atoms. The van der Waals surface area contributed by atoms with Gasteiger partial charge in [-0.2, -0.15) is 0 Å². The van der Waals surface area contributed by atoms with Crippen molar-refractivity contribution in [2.45, 2.75) is 32.1 Å². The van der Waals surface area contributed by atoms with E-state index in [2.05, 4.69) is 17.3 Å². The van der Waals surface area contributed by atoms with Gasteiger partial charge in [-0.05, 0) is 48.2 Å². The van der Waals surface area contributed by atoms with Crippen LogP contribution in [-0.4, -0.2) is 11.0 Å². The van der Waals surface area contributed by atoms with Crippen molar-refractivity contribution in [2.24, 2.45) is 11.8 Å². The van der Waals surface area contributed by atoms with Gasteiger partial charge < -0.3 is 15.8 Å². The van der Waals surface area contributed by atoms with E-state index in [1.165, 1.54) is 6.42 Å². The number of benzene rings is 2. The molecule has 136 valence electrons. The number of rotatable bonds is 5. The summed E-state index contributed by atoms with van der Waals surface area (Å²) in [6, 6.07) is 10.7. The summed E-state index contributed by atoms with van der Waals surface area (Å²) in [5, 5.41) is 12.8. The summed E-state index contributed by atoms with van der Waals surface area (Å²) in [6.07, 6.45) is 6.96. The highest BCUT2D eigenvalue weighted by atomic mass is 16.3. The normalized spacial score (nSPS) is 14.7. The number of anilines is 2. The molecule has 0 spiro atoms. The first kappa shape index (κ1) is 18.0. The van der Waals surface area contributed by atoms with E-state index in [4.69, 9.17) is 5.84 Å². The molecule has 1 amide bonds. The zero-order valence-electron chi connectivity index (χ0n) is 14.8. The predicted octanol–water partition coefficient (Wildman–Crippen LogP) is 4.51. The Labute approximate surface area is 153 Å². The summed E-state index contributed by atoms with van der Waals surface area (Å²) < 4.78 is 0. The fourth-order valence-corrected chi connectivity index (χ4v) is 3.55. The van der Waals surface area contributed by atoms with Gasteiger partial charge in [0.05, 0.1) is 11.4 Å². The maximum absolute atomic E-state index is 12.7. The molecule has 1 aliphatic rings. The first-order valence-electron chi connectivity index (χ1n) is 8.99. The lowest BCUT2D eigenvalue weighted by Gasteiger charge is -2.22. The zero-order chi connectivity index (χ0) is 18.5. The van der Waals surface area contributed by atoms with Crippen molar-refractivity contribution in [1.82, 2.24) is 0 Å². The van der Waals surface area contributed by atoms with Crippen LogP contribution in [0.2, 0.25) is 0 Å². The minimum atomic E-state index is 0.0452. The summed E-state index contributed by atoms with van der Waals surface area (Å²) in [7, 11) is 0. The van der Waals surface area contributed by atoms with E-state index in [1.54, 1.807) is 24.3 Å². The van der Waals surface area contributed by atoms with Gasteiger partial charge in [0.25, 0.3) is 0 Å². The lowest BCUT2D eigenvalue weighted by Crippen LogP contribution is -2.25. The first-order valence-corrected chi connectivity index (χ1v) is 8.99. The van der Waals surface area contributed by atoms with Crippen molar-refractivity contribution in [3.05, 3.63) is 48.5 Å². The number of nitrogens with one attached hydrogen (secondary N) is 2. The van der Waals surface area contributed by atoms with Gasteiger partial charge >= 0.3 is 0 Å². The number of hydrogen-bond donors (Lipinski definition) is 4. The van der Waals surface area contributed by atoms with Crippen LogP contribution in [0.4, 0.5) is 11.4 Å². The molecular formula is C21H25N3O2. The molecule has 2 aromatic rings. The lowest BCUT2D eigenvalue weighted by molar-refractivity contribution is -0.120. The summed E-state index contributed by atoms with van der Waals surface area (Å²) in [4.78, 5) is 12.7. The monoisotopic (exact) mass is 351 g/mol. The molecule has 1 aliphatic carbocycles. The van der Waals surface area contributed by atoms with E-state index in [9.17, 15) is 9.90 Å². The summed E-state index contributed by atoms with van der Waals surface area (Å²) in [6.45, 7) is 3.85. The molecule has 0 unspecified atom stereocenters. The average molecular weight is 351 g/mol. The molecule has 1 fully saturated rings. The fourth-order valence-electron chi connectivity index (χ4n) is 3.55. The molecule has 0 atom stereocenters. The fraction of sp³-hybridized carbons (Fsp3) is 0.286. The number of nitrogens with two attached hydrogens (primary N) is 1. The third-order valence-corrected chi connectivity index (χ3v) is 4.95. The smallest absolute Gasteiger partial charge is 0.227 e. The van der Waals surface area contributed by atoms with Gasteiger partial charge in [0.2, 0.25) is 5.91 Å². The van der Waals surface area contributed by atoms with Crippen molar-refractivity contribution < 1.29 is 9.90 Å². The van der Waals surface area contributed by atoms with E-state index in [1.807, 2.05) is 18.2 Å². The first-order chi connectivity index (χ1) is 12.6. The van der Waals surface area contributed by atoms with Crippen molar-refractivity contribution in [2.75, 3.05) is 10.7 Å². The van der Waals surface area contributed by atoms with Crippen molar-refractivity contribution in [3.8, 4) is 16.9 Å².